The number of halogens is 3. The molecule has 26 heavy (non-hydrogen) atoms. The van der Waals surface area contributed by atoms with Crippen LogP contribution >= 0.6 is 23.2 Å². The molecule has 1 aromatic rings. The van der Waals surface area contributed by atoms with Gasteiger partial charge in [0.2, 0.25) is 0 Å². The highest BCUT2D eigenvalue weighted by molar-refractivity contribution is 6.73. The molecule has 1 aliphatic carbocycles. The molecule has 0 bridgehead atoms. The topological polar surface area (TPSA) is 22.1 Å². The van der Waals surface area contributed by atoms with Crippen LogP contribution in [0.25, 0.3) is 0 Å². The number of nitrogens with zero attached hydrogens (tertiary/aromatic N) is 1. The van der Waals surface area contributed by atoms with Gasteiger partial charge in [-0.15, -0.1) is 0 Å². The van der Waals surface area contributed by atoms with Gasteiger partial charge in [-0.1, -0.05) is 56.8 Å². The number of rotatable bonds is 10. The minimum Gasteiger partial charge on any atom is -0.410 e. The first-order valence-corrected chi connectivity index (χ1v) is 13.3. The van der Waals surface area contributed by atoms with Crippen molar-refractivity contribution >= 4 is 31.5 Å². The summed E-state index contributed by atoms with van der Waals surface area (Å²) in [5.41, 5.74) is -0.152. The molecule has 0 spiro atoms. The monoisotopic (exact) mass is 419 g/mol. The molecule has 1 saturated carbocycles. The van der Waals surface area contributed by atoms with E-state index in [1.165, 1.54) is 0 Å². The summed E-state index contributed by atoms with van der Waals surface area (Å²) in [5, 5.41) is 1.09. The summed E-state index contributed by atoms with van der Waals surface area (Å²) in [6, 6.07) is 3.18. The molecule has 2 nitrogen and oxygen atoms in total. The molecule has 1 aliphatic rings. The Morgan fingerprint density at radius 3 is 2.15 bits per heavy atom. The summed E-state index contributed by atoms with van der Waals surface area (Å²) in [5.74, 6) is 0. The Hall–Kier alpha value is -0.163. The van der Waals surface area contributed by atoms with Crippen LogP contribution in [0.1, 0.15) is 77.4 Å². The Labute approximate surface area is 169 Å². The van der Waals surface area contributed by atoms with Crippen molar-refractivity contribution in [3.63, 3.8) is 0 Å². The van der Waals surface area contributed by atoms with Crippen molar-refractivity contribution in [1.29, 1.82) is 0 Å². The van der Waals surface area contributed by atoms with E-state index in [1.54, 1.807) is 12.4 Å². The van der Waals surface area contributed by atoms with Gasteiger partial charge < -0.3 is 4.43 Å². The first kappa shape index (κ1) is 22.1. The van der Waals surface area contributed by atoms with Crippen molar-refractivity contribution in [2.45, 2.75) is 95.6 Å². The Kier molecular flexibility index (Phi) is 8.39. The Bertz CT molecular complexity index is 548. The lowest BCUT2D eigenvalue weighted by Gasteiger charge is -2.34. The van der Waals surface area contributed by atoms with Crippen LogP contribution in [0.15, 0.2) is 12.4 Å². The largest absolute Gasteiger partial charge is 0.410 e. The van der Waals surface area contributed by atoms with Crippen LogP contribution in [-0.2, 0) is 4.43 Å². The highest BCUT2D eigenvalue weighted by Crippen LogP contribution is 2.42. The second-order valence-electron chi connectivity index (χ2n) is 7.62. The molecular weight excluding hydrogens is 388 g/mol. The zero-order chi connectivity index (χ0) is 19.2. The summed E-state index contributed by atoms with van der Waals surface area (Å²) < 4.78 is 21.5. The molecule has 0 aromatic carbocycles. The van der Waals surface area contributed by atoms with Crippen LogP contribution in [0.4, 0.5) is 4.39 Å². The van der Waals surface area contributed by atoms with Crippen molar-refractivity contribution < 1.29 is 8.82 Å². The second-order valence-corrected chi connectivity index (χ2v) is 13.2. The predicted octanol–water partition coefficient (Wildman–Crippen LogP) is 7.90. The third kappa shape index (κ3) is 5.43. The van der Waals surface area contributed by atoms with Crippen LogP contribution in [0.5, 0.6) is 0 Å². The molecule has 0 amide bonds. The van der Waals surface area contributed by atoms with Gasteiger partial charge in [0.1, 0.15) is 5.67 Å². The van der Waals surface area contributed by atoms with Crippen LogP contribution in [0, 0.1) is 0 Å². The highest BCUT2D eigenvalue weighted by atomic mass is 35.5. The van der Waals surface area contributed by atoms with E-state index in [0.717, 1.165) is 49.4 Å². The second kappa shape index (κ2) is 9.86. The third-order valence-electron chi connectivity index (χ3n) is 6.13. The molecule has 1 atom stereocenters. The molecule has 1 aromatic heterocycles. The quantitative estimate of drug-likeness (QED) is 0.359. The molecule has 2 rings (SSSR count). The summed E-state index contributed by atoms with van der Waals surface area (Å²) >= 11 is 12.9. The van der Waals surface area contributed by atoms with Gasteiger partial charge in [-0.05, 0) is 50.2 Å². The van der Waals surface area contributed by atoms with Crippen LogP contribution in [-0.4, -0.2) is 19.0 Å². The standard InChI is InChI=1S/C20H32Cl2FNOSi/c1-4-26(5-2,6-3)25-18(19-16(21)14-24-15-17(19)22)10-9-13-20(23)11-7-8-12-20/h14-15,18H,4-13H2,1-3H3. The first-order chi connectivity index (χ1) is 12.4. The third-order valence-corrected chi connectivity index (χ3v) is 11.4. The van der Waals surface area contributed by atoms with Gasteiger partial charge in [0.25, 0.3) is 0 Å². The minimum atomic E-state index is -1.84. The SMILES string of the molecule is CC[Si](CC)(CC)OC(CCCC1(F)CCCC1)c1c(Cl)cncc1Cl. The lowest BCUT2D eigenvalue weighted by Crippen LogP contribution is -2.37. The fourth-order valence-corrected chi connectivity index (χ4v) is 7.60. The molecule has 148 valence electrons. The predicted molar refractivity (Wildman–Crippen MR) is 111 cm³/mol. The number of hydrogen-bond acceptors (Lipinski definition) is 2. The van der Waals surface area contributed by atoms with Gasteiger partial charge in [-0.3, -0.25) is 4.98 Å². The number of pyridine rings is 1. The molecular formula is C20H32Cl2FNOSi. The van der Waals surface area contributed by atoms with Crippen molar-refractivity contribution in [3.05, 3.63) is 28.0 Å². The van der Waals surface area contributed by atoms with E-state index in [0.29, 0.717) is 29.3 Å². The van der Waals surface area contributed by atoms with E-state index in [4.69, 9.17) is 27.6 Å². The fraction of sp³-hybridized carbons (Fsp3) is 0.750. The normalized spacial score (nSPS) is 18.2. The van der Waals surface area contributed by atoms with E-state index in [-0.39, 0.29) is 6.10 Å². The van der Waals surface area contributed by atoms with Gasteiger partial charge in [0.05, 0.1) is 16.1 Å². The van der Waals surface area contributed by atoms with Gasteiger partial charge in [-0.2, -0.15) is 0 Å². The average Bonchev–Trinajstić information content (AvgIpc) is 3.06. The number of alkyl halides is 1. The van der Waals surface area contributed by atoms with E-state index >= 15 is 0 Å². The van der Waals surface area contributed by atoms with E-state index in [1.807, 2.05) is 0 Å². The zero-order valence-electron chi connectivity index (χ0n) is 16.3. The van der Waals surface area contributed by atoms with E-state index in [9.17, 15) is 4.39 Å². The molecule has 1 fully saturated rings. The molecule has 0 saturated heterocycles. The van der Waals surface area contributed by atoms with Crippen LogP contribution < -0.4 is 0 Å². The average molecular weight is 420 g/mol. The van der Waals surface area contributed by atoms with Crippen molar-refractivity contribution in [3.8, 4) is 0 Å². The summed E-state index contributed by atoms with van der Waals surface area (Å²) in [6.45, 7) is 6.63. The zero-order valence-corrected chi connectivity index (χ0v) is 18.8. The highest BCUT2D eigenvalue weighted by Gasteiger charge is 2.36. The van der Waals surface area contributed by atoms with Gasteiger partial charge in [-0.25, -0.2) is 4.39 Å². The smallest absolute Gasteiger partial charge is 0.192 e. The fourth-order valence-electron chi connectivity index (χ4n) is 4.16. The molecule has 6 heteroatoms. The van der Waals surface area contributed by atoms with Crippen LogP contribution in [0.3, 0.4) is 0 Å². The Morgan fingerprint density at radius 2 is 1.65 bits per heavy atom. The summed E-state index contributed by atoms with van der Waals surface area (Å²) in [4.78, 5) is 4.07. The van der Waals surface area contributed by atoms with E-state index < -0.39 is 14.0 Å². The maximum atomic E-state index is 14.8. The Balaban J connectivity index is 2.18. The summed E-state index contributed by atoms with van der Waals surface area (Å²) in [6.07, 6.45) is 8.65. The van der Waals surface area contributed by atoms with Crippen molar-refractivity contribution in [2.24, 2.45) is 0 Å². The molecule has 0 aliphatic heterocycles. The maximum absolute atomic E-state index is 14.8. The minimum absolute atomic E-state index is 0.172. The first-order valence-electron chi connectivity index (χ1n) is 10.0. The van der Waals surface area contributed by atoms with Crippen molar-refractivity contribution in [2.75, 3.05) is 0 Å². The molecule has 1 heterocycles. The number of aromatic nitrogens is 1. The van der Waals surface area contributed by atoms with Gasteiger partial charge in [0, 0.05) is 18.0 Å². The van der Waals surface area contributed by atoms with Crippen molar-refractivity contribution in [1.82, 2.24) is 4.98 Å². The Morgan fingerprint density at radius 1 is 1.12 bits per heavy atom. The lowest BCUT2D eigenvalue weighted by atomic mass is 9.95. The molecule has 1 unspecified atom stereocenters. The lowest BCUT2D eigenvalue weighted by molar-refractivity contribution is 0.132. The van der Waals surface area contributed by atoms with Gasteiger partial charge in [0.15, 0.2) is 8.32 Å². The maximum Gasteiger partial charge on any atom is 0.192 e. The van der Waals surface area contributed by atoms with Crippen LogP contribution in [0.2, 0.25) is 28.2 Å². The summed E-state index contributed by atoms with van der Waals surface area (Å²) in [7, 11) is -1.84. The van der Waals surface area contributed by atoms with E-state index in [2.05, 4.69) is 25.8 Å². The van der Waals surface area contributed by atoms with Gasteiger partial charge >= 0.3 is 0 Å². The number of hydrogen-bond donors (Lipinski definition) is 0. The molecule has 0 N–H and O–H groups in total. The molecule has 0 radical (unpaired) electrons.